The molecule has 0 aliphatic heterocycles. The first-order chi connectivity index (χ1) is 10.1. The van der Waals surface area contributed by atoms with Crippen molar-refractivity contribution in [3.63, 3.8) is 0 Å². The highest BCUT2D eigenvalue weighted by Gasteiger charge is 2.08. The van der Waals surface area contributed by atoms with Crippen LogP contribution in [0, 0.1) is 17.1 Å². The van der Waals surface area contributed by atoms with Gasteiger partial charge in [-0.05, 0) is 36.4 Å². The summed E-state index contributed by atoms with van der Waals surface area (Å²) in [5.74, 6) is -1.09. The predicted molar refractivity (Wildman–Crippen MR) is 74.3 cm³/mol. The van der Waals surface area contributed by atoms with Gasteiger partial charge in [0.15, 0.2) is 0 Å². The Morgan fingerprint density at radius 3 is 2.71 bits per heavy atom. The van der Waals surface area contributed by atoms with E-state index in [1.807, 2.05) is 6.07 Å². The standard InChI is InChI=1S/C16H10FNO3/c17-13-6-7-15(11(9-13)5-8-16(19)20)21-14-4-2-1-3-12(14)10-18/h1-9H,(H,19,20)/b8-5+. The van der Waals surface area contributed by atoms with Gasteiger partial charge in [0.2, 0.25) is 0 Å². The second-order valence-corrected chi connectivity index (χ2v) is 4.06. The van der Waals surface area contributed by atoms with E-state index in [0.29, 0.717) is 11.3 Å². The van der Waals surface area contributed by atoms with Crippen LogP contribution in [-0.2, 0) is 4.79 Å². The van der Waals surface area contributed by atoms with Crippen LogP contribution < -0.4 is 4.74 Å². The fourth-order valence-corrected chi connectivity index (χ4v) is 1.67. The lowest BCUT2D eigenvalue weighted by Gasteiger charge is -2.10. The summed E-state index contributed by atoms with van der Waals surface area (Å²) in [5.41, 5.74) is 0.597. The van der Waals surface area contributed by atoms with E-state index in [1.54, 1.807) is 24.3 Å². The maximum absolute atomic E-state index is 13.3. The molecule has 2 aromatic rings. The van der Waals surface area contributed by atoms with Crippen molar-refractivity contribution < 1.29 is 19.0 Å². The highest BCUT2D eigenvalue weighted by atomic mass is 19.1. The number of ether oxygens (including phenoxy) is 1. The summed E-state index contributed by atoms with van der Waals surface area (Å²) in [6, 6.07) is 12.3. The number of carbonyl (C=O) groups is 1. The second-order valence-electron chi connectivity index (χ2n) is 4.06. The third kappa shape index (κ3) is 3.67. The Morgan fingerprint density at radius 1 is 1.24 bits per heavy atom. The van der Waals surface area contributed by atoms with Gasteiger partial charge in [-0.3, -0.25) is 0 Å². The molecule has 0 bridgehead atoms. The minimum absolute atomic E-state index is 0.261. The topological polar surface area (TPSA) is 70.3 Å². The van der Waals surface area contributed by atoms with Crippen molar-refractivity contribution in [2.75, 3.05) is 0 Å². The van der Waals surface area contributed by atoms with Gasteiger partial charge in [-0.1, -0.05) is 12.1 Å². The van der Waals surface area contributed by atoms with Crippen LogP contribution in [0.3, 0.4) is 0 Å². The van der Waals surface area contributed by atoms with Gasteiger partial charge >= 0.3 is 5.97 Å². The molecule has 0 heterocycles. The minimum Gasteiger partial charge on any atom is -0.478 e. The smallest absolute Gasteiger partial charge is 0.328 e. The first-order valence-corrected chi connectivity index (χ1v) is 5.97. The number of rotatable bonds is 4. The van der Waals surface area contributed by atoms with Crippen LogP contribution in [0.15, 0.2) is 48.5 Å². The number of carboxylic acids is 1. The monoisotopic (exact) mass is 283 g/mol. The molecule has 21 heavy (non-hydrogen) atoms. The van der Waals surface area contributed by atoms with Gasteiger partial charge in [0.25, 0.3) is 0 Å². The van der Waals surface area contributed by atoms with Crippen molar-refractivity contribution in [2.24, 2.45) is 0 Å². The largest absolute Gasteiger partial charge is 0.478 e. The Morgan fingerprint density at radius 2 is 2.00 bits per heavy atom. The molecule has 0 spiro atoms. The van der Waals surface area contributed by atoms with Crippen molar-refractivity contribution in [1.29, 1.82) is 5.26 Å². The Bertz CT molecular complexity index is 747. The van der Waals surface area contributed by atoms with Gasteiger partial charge in [-0.25, -0.2) is 9.18 Å². The number of hydrogen-bond donors (Lipinski definition) is 1. The summed E-state index contributed by atoms with van der Waals surface area (Å²) in [4.78, 5) is 10.6. The van der Waals surface area contributed by atoms with Crippen molar-refractivity contribution in [1.82, 2.24) is 0 Å². The molecule has 2 aromatic carbocycles. The maximum Gasteiger partial charge on any atom is 0.328 e. The number of para-hydroxylation sites is 1. The zero-order valence-corrected chi connectivity index (χ0v) is 10.8. The quantitative estimate of drug-likeness (QED) is 0.870. The van der Waals surface area contributed by atoms with E-state index in [0.717, 1.165) is 12.1 Å². The van der Waals surface area contributed by atoms with Crippen LogP contribution >= 0.6 is 0 Å². The Balaban J connectivity index is 2.40. The minimum atomic E-state index is -1.15. The average Bonchev–Trinajstić information content (AvgIpc) is 2.48. The number of carboxylic acid groups (broad SMARTS) is 1. The Labute approximate surface area is 120 Å². The molecule has 104 valence electrons. The van der Waals surface area contributed by atoms with Gasteiger partial charge in [-0.2, -0.15) is 5.26 Å². The molecule has 0 unspecified atom stereocenters. The summed E-state index contributed by atoms with van der Waals surface area (Å²) < 4.78 is 18.9. The molecule has 0 radical (unpaired) electrons. The number of benzene rings is 2. The molecule has 4 nitrogen and oxygen atoms in total. The zero-order chi connectivity index (χ0) is 15.2. The molecule has 0 amide bonds. The number of aliphatic carboxylic acids is 1. The SMILES string of the molecule is N#Cc1ccccc1Oc1ccc(F)cc1/C=C/C(=O)O. The van der Waals surface area contributed by atoms with E-state index in [-0.39, 0.29) is 11.3 Å². The molecule has 1 N–H and O–H groups in total. The molecule has 0 saturated heterocycles. The Kier molecular flexibility index (Phi) is 4.32. The van der Waals surface area contributed by atoms with E-state index in [2.05, 4.69) is 0 Å². The van der Waals surface area contributed by atoms with Crippen LogP contribution in [-0.4, -0.2) is 11.1 Å². The number of halogens is 1. The van der Waals surface area contributed by atoms with E-state index >= 15 is 0 Å². The van der Waals surface area contributed by atoms with E-state index in [4.69, 9.17) is 15.1 Å². The number of nitriles is 1. The zero-order valence-electron chi connectivity index (χ0n) is 10.8. The summed E-state index contributed by atoms with van der Waals surface area (Å²) in [5, 5.41) is 17.6. The van der Waals surface area contributed by atoms with Crippen LogP contribution in [0.5, 0.6) is 11.5 Å². The van der Waals surface area contributed by atoms with Gasteiger partial charge in [0, 0.05) is 11.6 Å². The van der Waals surface area contributed by atoms with Crippen molar-refractivity contribution in [3.05, 3.63) is 65.5 Å². The van der Waals surface area contributed by atoms with Crippen LogP contribution in [0.2, 0.25) is 0 Å². The lowest BCUT2D eigenvalue weighted by atomic mass is 10.1. The van der Waals surface area contributed by atoms with Gasteiger partial charge in [0.05, 0.1) is 5.56 Å². The van der Waals surface area contributed by atoms with Gasteiger partial charge < -0.3 is 9.84 Å². The normalized spacial score (nSPS) is 10.3. The lowest BCUT2D eigenvalue weighted by Crippen LogP contribution is -1.92. The van der Waals surface area contributed by atoms with E-state index < -0.39 is 11.8 Å². The summed E-state index contributed by atoms with van der Waals surface area (Å²) >= 11 is 0. The van der Waals surface area contributed by atoms with E-state index in [9.17, 15) is 9.18 Å². The summed E-state index contributed by atoms with van der Waals surface area (Å²) in [6.45, 7) is 0. The molecule has 0 aromatic heterocycles. The fraction of sp³-hybridized carbons (Fsp3) is 0. The third-order valence-corrected chi connectivity index (χ3v) is 2.60. The predicted octanol–water partition coefficient (Wildman–Crippen LogP) is 3.59. The fourth-order valence-electron chi connectivity index (χ4n) is 1.67. The summed E-state index contributed by atoms with van der Waals surface area (Å²) in [7, 11) is 0. The molecule has 0 atom stereocenters. The molecular formula is C16H10FNO3. The molecular weight excluding hydrogens is 273 g/mol. The van der Waals surface area contributed by atoms with Crippen LogP contribution in [0.25, 0.3) is 6.08 Å². The molecule has 0 aliphatic rings. The number of nitrogens with zero attached hydrogens (tertiary/aromatic N) is 1. The lowest BCUT2D eigenvalue weighted by molar-refractivity contribution is -0.131. The van der Waals surface area contributed by atoms with Crippen molar-refractivity contribution in [2.45, 2.75) is 0 Å². The molecule has 5 heteroatoms. The first-order valence-electron chi connectivity index (χ1n) is 5.97. The van der Waals surface area contributed by atoms with E-state index in [1.165, 1.54) is 18.2 Å². The van der Waals surface area contributed by atoms with Crippen LogP contribution in [0.4, 0.5) is 4.39 Å². The molecule has 0 saturated carbocycles. The van der Waals surface area contributed by atoms with Gasteiger partial charge in [-0.15, -0.1) is 0 Å². The van der Waals surface area contributed by atoms with Gasteiger partial charge in [0.1, 0.15) is 23.4 Å². The second kappa shape index (κ2) is 6.35. The average molecular weight is 283 g/mol. The molecule has 2 rings (SSSR count). The molecule has 0 aliphatic carbocycles. The van der Waals surface area contributed by atoms with Crippen molar-refractivity contribution >= 4 is 12.0 Å². The highest BCUT2D eigenvalue weighted by molar-refractivity contribution is 5.85. The number of hydrogen-bond acceptors (Lipinski definition) is 3. The Hall–Kier alpha value is -3.13. The van der Waals surface area contributed by atoms with Crippen molar-refractivity contribution in [3.8, 4) is 17.6 Å². The third-order valence-electron chi connectivity index (χ3n) is 2.60. The van der Waals surface area contributed by atoms with Crippen LogP contribution in [0.1, 0.15) is 11.1 Å². The first kappa shape index (κ1) is 14.3. The maximum atomic E-state index is 13.3. The summed E-state index contributed by atoms with van der Waals surface area (Å²) in [6.07, 6.45) is 2.12. The highest BCUT2D eigenvalue weighted by Crippen LogP contribution is 2.29. The molecule has 0 fully saturated rings.